The highest BCUT2D eigenvalue weighted by Gasteiger charge is 2.29. The molecular weight excluding hydrogens is 220 g/mol. The van der Waals surface area contributed by atoms with E-state index in [2.05, 4.69) is 49.1 Å². The van der Waals surface area contributed by atoms with Crippen molar-refractivity contribution in [3.05, 3.63) is 35.9 Å². The number of likely N-dealkylation sites (tertiary alicyclic amines) is 1. The molecule has 1 aliphatic rings. The van der Waals surface area contributed by atoms with Crippen LogP contribution in [0.25, 0.3) is 0 Å². The Balaban J connectivity index is 2.14. The Morgan fingerprint density at radius 3 is 2.17 bits per heavy atom. The van der Waals surface area contributed by atoms with Crippen LogP contribution in [-0.2, 0) is 0 Å². The predicted octanol–water partition coefficient (Wildman–Crippen LogP) is 3.20. The standard InChI is InChI=1S/C16H26N2/c1-13(2)16(18-11-7-4-8-12-18)15(17)14-9-5-3-6-10-14/h3,5-6,9-10,13,15-16H,4,7-8,11-12,17H2,1-2H3. The average molecular weight is 246 g/mol. The Bertz CT molecular complexity index is 341. The molecule has 100 valence electrons. The maximum Gasteiger partial charge on any atom is 0.0455 e. The Morgan fingerprint density at radius 1 is 1.00 bits per heavy atom. The van der Waals surface area contributed by atoms with Crippen LogP contribution in [0, 0.1) is 5.92 Å². The molecule has 0 aromatic heterocycles. The average Bonchev–Trinajstić information content (AvgIpc) is 2.40. The summed E-state index contributed by atoms with van der Waals surface area (Å²) in [7, 11) is 0. The van der Waals surface area contributed by atoms with E-state index in [4.69, 9.17) is 5.73 Å². The minimum Gasteiger partial charge on any atom is -0.323 e. The molecule has 2 rings (SSSR count). The highest BCUT2D eigenvalue weighted by atomic mass is 15.2. The molecule has 1 saturated heterocycles. The Morgan fingerprint density at radius 2 is 1.61 bits per heavy atom. The fourth-order valence-electron chi connectivity index (χ4n) is 3.15. The second kappa shape index (κ2) is 6.35. The highest BCUT2D eigenvalue weighted by molar-refractivity contribution is 5.20. The lowest BCUT2D eigenvalue weighted by atomic mass is 9.89. The van der Waals surface area contributed by atoms with Gasteiger partial charge in [0.1, 0.15) is 0 Å². The third-order valence-electron chi connectivity index (χ3n) is 4.05. The molecule has 2 N–H and O–H groups in total. The second-order valence-corrected chi connectivity index (χ2v) is 5.77. The molecule has 1 fully saturated rings. The van der Waals surface area contributed by atoms with E-state index in [1.165, 1.54) is 37.9 Å². The van der Waals surface area contributed by atoms with Crippen molar-refractivity contribution < 1.29 is 0 Å². The molecule has 0 amide bonds. The molecule has 1 heterocycles. The van der Waals surface area contributed by atoms with Crippen LogP contribution in [0.2, 0.25) is 0 Å². The van der Waals surface area contributed by atoms with Crippen molar-refractivity contribution in [1.82, 2.24) is 4.90 Å². The van der Waals surface area contributed by atoms with Gasteiger partial charge in [0, 0.05) is 12.1 Å². The van der Waals surface area contributed by atoms with E-state index in [1.807, 2.05) is 0 Å². The zero-order valence-corrected chi connectivity index (χ0v) is 11.7. The van der Waals surface area contributed by atoms with Crippen molar-refractivity contribution in [2.45, 2.75) is 45.2 Å². The van der Waals surface area contributed by atoms with E-state index in [9.17, 15) is 0 Å². The number of piperidine rings is 1. The predicted molar refractivity (Wildman–Crippen MR) is 77.4 cm³/mol. The largest absolute Gasteiger partial charge is 0.323 e. The molecule has 2 nitrogen and oxygen atoms in total. The van der Waals surface area contributed by atoms with E-state index in [1.54, 1.807) is 0 Å². The summed E-state index contributed by atoms with van der Waals surface area (Å²) in [6, 6.07) is 11.1. The van der Waals surface area contributed by atoms with Crippen LogP contribution >= 0.6 is 0 Å². The van der Waals surface area contributed by atoms with Gasteiger partial charge in [-0.25, -0.2) is 0 Å². The summed E-state index contributed by atoms with van der Waals surface area (Å²) in [4.78, 5) is 2.60. The van der Waals surface area contributed by atoms with Crippen molar-refractivity contribution in [1.29, 1.82) is 0 Å². The van der Waals surface area contributed by atoms with Crippen LogP contribution in [0.5, 0.6) is 0 Å². The smallest absolute Gasteiger partial charge is 0.0455 e. The van der Waals surface area contributed by atoms with Gasteiger partial charge < -0.3 is 5.73 Å². The first-order valence-electron chi connectivity index (χ1n) is 7.24. The molecule has 2 unspecified atom stereocenters. The molecule has 1 aromatic carbocycles. The van der Waals surface area contributed by atoms with Crippen LogP contribution in [0.1, 0.15) is 44.7 Å². The van der Waals surface area contributed by atoms with Gasteiger partial charge in [-0.15, -0.1) is 0 Å². The zero-order valence-electron chi connectivity index (χ0n) is 11.7. The quantitative estimate of drug-likeness (QED) is 0.884. The van der Waals surface area contributed by atoms with E-state index < -0.39 is 0 Å². The summed E-state index contributed by atoms with van der Waals surface area (Å²) in [5.41, 5.74) is 7.79. The number of hydrogen-bond donors (Lipinski definition) is 1. The van der Waals surface area contributed by atoms with Gasteiger partial charge in [-0.2, -0.15) is 0 Å². The lowest BCUT2D eigenvalue weighted by molar-refractivity contribution is 0.107. The summed E-state index contributed by atoms with van der Waals surface area (Å²) in [5, 5.41) is 0. The van der Waals surface area contributed by atoms with Gasteiger partial charge in [0.05, 0.1) is 0 Å². The zero-order chi connectivity index (χ0) is 13.0. The summed E-state index contributed by atoms with van der Waals surface area (Å²) in [6.07, 6.45) is 4.03. The molecule has 18 heavy (non-hydrogen) atoms. The topological polar surface area (TPSA) is 29.3 Å². The lowest BCUT2D eigenvalue weighted by Gasteiger charge is -2.40. The third-order valence-corrected chi connectivity index (χ3v) is 4.05. The first-order valence-corrected chi connectivity index (χ1v) is 7.24. The van der Waals surface area contributed by atoms with Gasteiger partial charge in [-0.1, -0.05) is 50.6 Å². The SMILES string of the molecule is CC(C)C(C(N)c1ccccc1)N1CCCCC1. The van der Waals surface area contributed by atoms with Gasteiger partial charge in [0.2, 0.25) is 0 Å². The summed E-state index contributed by atoms with van der Waals surface area (Å²) in [6.45, 7) is 7.01. The van der Waals surface area contributed by atoms with Crippen LogP contribution < -0.4 is 5.73 Å². The van der Waals surface area contributed by atoms with Gasteiger partial charge in [-0.3, -0.25) is 4.90 Å². The maximum atomic E-state index is 6.53. The molecule has 2 heteroatoms. The van der Waals surface area contributed by atoms with Crippen LogP contribution in [0.4, 0.5) is 0 Å². The number of nitrogens with two attached hydrogens (primary N) is 1. The fourth-order valence-corrected chi connectivity index (χ4v) is 3.15. The van der Waals surface area contributed by atoms with Crippen LogP contribution in [0.15, 0.2) is 30.3 Å². The van der Waals surface area contributed by atoms with E-state index in [0.717, 1.165) is 0 Å². The van der Waals surface area contributed by atoms with Gasteiger partial charge in [0.25, 0.3) is 0 Å². The molecule has 1 aliphatic heterocycles. The van der Waals surface area contributed by atoms with Crippen molar-refractivity contribution in [3.8, 4) is 0 Å². The number of nitrogens with zero attached hydrogens (tertiary/aromatic N) is 1. The van der Waals surface area contributed by atoms with E-state index >= 15 is 0 Å². The van der Waals surface area contributed by atoms with Crippen molar-refractivity contribution in [3.63, 3.8) is 0 Å². The monoisotopic (exact) mass is 246 g/mol. The maximum absolute atomic E-state index is 6.53. The summed E-state index contributed by atoms with van der Waals surface area (Å²) >= 11 is 0. The minimum atomic E-state index is 0.129. The van der Waals surface area contributed by atoms with Crippen LogP contribution in [-0.4, -0.2) is 24.0 Å². The Kier molecular flexibility index (Phi) is 4.79. The molecule has 1 aromatic rings. The van der Waals surface area contributed by atoms with Gasteiger partial charge >= 0.3 is 0 Å². The minimum absolute atomic E-state index is 0.129. The first-order chi connectivity index (χ1) is 8.70. The number of hydrogen-bond acceptors (Lipinski definition) is 2. The molecule has 0 spiro atoms. The summed E-state index contributed by atoms with van der Waals surface area (Å²) < 4.78 is 0. The highest BCUT2D eigenvalue weighted by Crippen LogP contribution is 2.27. The molecule has 0 bridgehead atoms. The molecular formula is C16H26N2. The molecule has 0 radical (unpaired) electrons. The van der Waals surface area contributed by atoms with Crippen molar-refractivity contribution in [2.24, 2.45) is 11.7 Å². The molecule has 0 aliphatic carbocycles. The summed E-state index contributed by atoms with van der Waals surface area (Å²) in [5.74, 6) is 0.596. The number of benzene rings is 1. The first kappa shape index (κ1) is 13.6. The van der Waals surface area contributed by atoms with Gasteiger partial charge in [0.15, 0.2) is 0 Å². The Labute approximate surface area is 111 Å². The lowest BCUT2D eigenvalue weighted by Crippen LogP contribution is -2.48. The van der Waals surface area contributed by atoms with Crippen LogP contribution in [0.3, 0.4) is 0 Å². The Hall–Kier alpha value is -0.860. The molecule has 0 saturated carbocycles. The van der Waals surface area contributed by atoms with Gasteiger partial charge in [-0.05, 0) is 37.4 Å². The third kappa shape index (κ3) is 3.12. The van der Waals surface area contributed by atoms with Crippen molar-refractivity contribution in [2.75, 3.05) is 13.1 Å². The molecule has 2 atom stereocenters. The van der Waals surface area contributed by atoms with E-state index in [0.29, 0.717) is 12.0 Å². The van der Waals surface area contributed by atoms with E-state index in [-0.39, 0.29) is 6.04 Å². The van der Waals surface area contributed by atoms with Crippen molar-refractivity contribution >= 4 is 0 Å². The number of rotatable bonds is 4. The fraction of sp³-hybridized carbons (Fsp3) is 0.625. The normalized spacial score (nSPS) is 20.9. The second-order valence-electron chi connectivity index (χ2n) is 5.77.